The Morgan fingerprint density at radius 2 is 1.78 bits per heavy atom. The van der Waals surface area contributed by atoms with Crippen LogP contribution in [0.15, 0.2) is 24.3 Å². The van der Waals surface area contributed by atoms with Gasteiger partial charge in [0, 0.05) is 25.9 Å². The van der Waals surface area contributed by atoms with Crippen molar-refractivity contribution in [3.05, 3.63) is 35.4 Å². The maximum absolute atomic E-state index is 11.9. The molecule has 1 fully saturated rings. The molecule has 0 unspecified atom stereocenters. The molecular weight excluding hydrogens is 292 g/mol. The third-order valence-corrected chi connectivity index (χ3v) is 3.86. The van der Waals surface area contributed by atoms with E-state index in [1.165, 1.54) is 12.5 Å². The molecule has 1 aliphatic rings. The average Bonchev–Trinajstić information content (AvgIpc) is 2.34. The normalized spacial score (nSPS) is 16.5. The standard InChI is InChI=1S/C18H26N2O3/c1-12(19-13(2)21)14-6-8-15(9-7-14)16-10-20(11-16)17(22)23-18(3,4)5/h6-9,12,16H,10-11H2,1-5H3,(H,19,21)/t12-/m0/s1. The number of carbonyl (C=O) groups is 2. The van der Waals surface area contributed by atoms with E-state index in [1.54, 1.807) is 4.90 Å². The first-order chi connectivity index (χ1) is 10.7. The van der Waals surface area contributed by atoms with Gasteiger partial charge < -0.3 is 15.0 Å². The Kier molecular flexibility index (Phi) is 4.97. The highest BCUT2D eigenvalue weighted by atomic mass is 16.6. The molecule has 0 spiro atoms. The zero-order valence-corrected chi connectivity index (χ0v) is 14.6. The van der Waals surface area contributed by atoms with Gasteiger partial charge in [0.15, 0.2) is 0 Å². The highest BCUT2D eigenvalue weighted by molar-refractivity contribution is 5.73. The molecule has 2 amide bonds. The molecule has 1 N–H and O–H groups in total. The fraction of sp³-hybridized carbons (Fsp3) is 0.556. The van der Waals surface area contributed by atoms with Gasteiger partial charge in [-0.25, -0.2) is 4.79 Å². The highest BCUT2D eigenvalue weighted by Crippen LogP contribution is 2.29. The van der Waals surface area contributed by atoms with Gasteiger partial charge in [-0.15, -0.1) is 0 Å². The van der Waals surface area contributed by atoms with E-state index in [0.717, 1.165) is 5.56 Å². The monoisotopic (exact) mass is 318 g/mol. The van der Waals surface area contributed by atoms with E-state index >= 15 is 0 Å². The molecule has 126 valence electrons. The molecule has 5 heteroatoms. The van der Waals surface area contributed by atoms with Gasteiger partial charge in [-0.2, -0.15) is 0 Å². The van der Waals surface area contributed by atoms with Crippen molar-refractivity contribution in [1.82, 2.24) is 10.2 Å². The summed E-state index contributed by atoms with van der Waals surface area (Å²) in [5.41, 5.74) is 1.83. The minimum atomic E-state index is -0.455. The smallest absolute Gasteiger partial charge is 0.410 e. The van der Waals surface area contributed by atoms with Crippen molar-refractivity contribution in [3.8, 4) is 0 Å². The molecule has 2 rings (SSSR count). The maximum Gasteiger partial charge on any atom is 0.410 e. The Morgan fingerprint density at radius 1 is 1.22 bits per heavy atom. The van der Waals surface area contributed by atoms with Crippen molar-refractivity contribution in [2.75, 3.05) is 13.1 Å². The second-order valence-electron chi connectivity index (χ2n) is 7.17. The Hall–Kier alpha value is -2.04. The average molecular weight is 318 g/mol. The molecule has 0 aromatic heterocycles. The van der Waals surface area contributed by atoms with Gasteiger partial charge in [0.05, 0.1) is 6.04 Å². The number of rotatable bonds is 3. The maximum atomic E-state index is 11.9. The summed E-state index contributed by atoms with van der Waals surface area (Å²) in [6.07, 6.45) is -0.246. The molecule has 1 saturated heterocycles. The van der Waals surface area contributed by atoms with E-state index in [2.05, 4.69) is 17.4 Å². The SMILES string of the molecule is CC(=O)N[C@@H](C)c1ccc(C2CN(C(=O)OC(C)(C)C)C2)cc1. The number of amides is 2. The summed E-state index contributed by atoms with van der Waals surface area (Å²) in [6, 6.07) is 8.22. The first-order valence-corrected chi connectivity index (χ1v) is 8.00. The summed E-state index contributed by atoms with van der Waals surface area (Å²) >= 11 is 0. The first-order valence-electron chi connectivity index (χ1n) is 8.00. The quantitative estimate of drug-likeness (QED) is 0.931. The molecule has 0 aliphatic carbocycles. The van der Waals surface area contributed by atoms with E-state index < -0.39 is 5.60 Å². The summed E-state index contributed by atoms with van der Waals surface area (Å²) in [6.45, 7) is 10.5. The Bertz CT molecular complexity index is 569. The number of nitrogens with one attached hydrogen (secondary N) is 1. The van der Waals surface area contributed by atoms with Crippen molar-refractivity contribution in [3.63, 3.8) is 0 Å². The van der Waals surface area contributed by atoms with Crippen molar-refractivity contribution in [1.29, 1.82) is 0 Å². The number of hydrogen-bond donors (Lipinski definition) is 1. The minimum absolute atomic E-state index is 0.00111. The van der Waals surface area contributed by atoms with E-state index in [0.29, 0.717) is 19.0 Å². The third-order valence-electron chi connectivity index (χ3n) is 3.86. The largest absolute Gasteiger partial charge is 0.444 e. The topological polar surface area (TPSA) is 58.6 Å². The summed E-state index contributed by atoms with van der Waals surface area (Å²) in [5, 5.41) is 2.87. The predicted octanol–water partition coefficient (Wildman–Crippen LogP) is 3.22. The van der Waals surface area contributed by atoms with Gasteiger partial charge in [0.25, 0.3) is 0 Å². The second kappa shape index (κ2) is 6.60. The second-order valence-corrected chi connectivity index (χ2v) is 7.17. The fourth-order valence-electron chi connectivity index (χ4n) is 2.61. The lowest BCUT2D eigenvalue weighted by atomic mass is 9.90. The lowest BCUT2D eigenvalue weighted by molar-refractivity contribution is -0.119. The molecule has 0 bridgehead atoms. The van der Waals surface area contributed by atoms with Crippen LogP contribution >= 0.6 is 0 Å². The lowest BCUT2D eigenvalue weighted by Gasteiger charge is -2.40. The highest BCUT2D eigenvalue weighted by Gasteiger charge is 2.34. The Balaban J connectivity index is 1.88. The number of hydrogen-bond acceptors (Lipinski definition) is 3. The molecule has 1 aliphatic heterocycles. The fourth-order valence-corrected chi connectivity index (χ4v) is 2.61. The van der Waals surface area contributed by atoms with E-state index in [1.807, 2.05) is 39.8 Å². The van der Waals surface area contributed by atoms with Gasteiger partial charge in [0.1, 0.15) is 5.60 Å². The summed E-state index contributed by atoms with van der Waals surface area (Å²) < 4.78 is 5.36. The molecule has 1 atom stereocenters. The van der Waals surface area contributed by atoms with Gasteiger partial charge in [-0.3, -0.25) is 4.79 Å². The van der Waals surface area contributed by atoms with Crippen LogP contribution in [0.3, 0.4) is 0 Å². The van der Waals surface area contributed by atoms with Crippen LogP contribution in [-0.4, -0.2) is 35.6 Å². The number of nitrogens with zero attached hydrogens (tertiary/aromatic N) is 1. The molecule has 5 nitrogen and oxygen atoms in total. The summed E-state index contributed by atoms with van der Waals surface area (Å²) in [4.78, 5) is 24.8. The van der Waals surface area contributed by atoms with Gasteiger partial charge >= 0.3 is 6.09 Å². The Labute approximate surface area is 138 Å². The number of ether oxygens (including phenoxy) is 1. The van der Waals surface area contributed by atoms with Crippen LogP contribution in [0.5, 0.6) is 0 Å². The van der Waals surface area contributed by atoms with E-state index in [9.17, 15) is 9.59 Å². The molecule has 0 saturated carbocycles. The van der Waals surface area contributed by atoms with Crippen LogP contribution in [0, 0.1) is 0 Å². The number of benzene rings is 1. The van der Waals surface area contributed by atoms with Crippen LogP contribution in [0.4, 0.5) is 4.79 Å². The molecule has 1 aromatic rings. The van der Waals surface area contributed by atoms with Gasteiger partial charge in [-0.05, 0) is 38.8 Å². The first kappa shape index (κ1) is 17.3. The van der Waals surface area contributed by atoms with Crippen molar-refractivity contribution in [2.24, 2.45) is 0 Å². The van der Waals surface area contributed by atoms with Crippen LogP contribution in [0.25, 0.3) is 0 Å². The van der Waals surface area contributed by atoms with Gasteiger partial charge in [0.2, 0.25) is 5.91 Å². The zero-order valence-electron chi connectivity index (χ0n) is 14.6. The molecule has 23 heavy (non-hydrogen) atoms. The van der Waals surface area contributed by atoms with Crippen LogP contribution in [-0.2, 0) is 9.53 Å². The van der Waals surface area contributed by atoms with Crippen LogP contribution in [0.2, 0.25) is 0 Å². The molecule has 1 heterocycles. The van der Waals surface area contributed by atoms with Gasteiger partial charge in [-0.1, -0.05) is 24.3 Å². The van der Waals surface area contributed by atoms with Crippen LogP contribution < -0.4 is 5.32 Å². The molecule has 0 radical (unpaired) electrons. The summed E-state index contributed by atoms with van der Waals surface area (Å²) in [7, 11) is 0. The third kappa shape index (κ3) is 4.71. The zero-order chi connectivity index (χ0) is 17.2. The number of likely N-dealkylation sites (tertiary alicyclic amines) is 1. The Morgan fingerprint density at radius 3 is 2.26 bits per heavy atom. The summed E-state index contributed by atoms with van der Waals surface area (Å²) in [5.74, 6) is 0.321. The molecular formula is C18H26N2O3. The van der Waals surface area contributed by atoms with Crippen LogP contribution in [0.1, 0.15) is 57.7 Å². The lowest BCUT2D eigenvalue weighted by Crippen LogP contribution is -2.50. The van der Waals surface area contributed by atoms with Crippen molar-refractivity contribution >= 4 is 12.0 Å². The van der Waals surface area contributed by atoms with Crippen molar-refractivity contribution < 1.29 is 14.3 Å². The predicted molar refractivity (Wildman–Crippen MR) is 89.2 cm³/mol. The minimum Gasteiger partial charge on any atom is -0.444 e. The van der Waals surface area contributed by atoms with Crippen molar-refractivity contribution in [2.45, 2.75) is 52.2 Å². The number of carbonyl (C=O) groups excluding carboxylic acids is 2. The molecule has 1 aromatic carbocycles. The van der Waals surface area contributed by atoms with E-state index in [-0.39, 0.29) is 18.0 Å². The van der Waals surface area contributed by atoms with E-state index in [4.69, 9.17) is 4.74 Å².